The highest BCUT2D eigenvalue weighted by atomic mass is 16.4. The summed E-state index contributed by atoms with van der Waals surface area (Å²) in [5, 5.41) is 14.6. The molecule has 0 radical (unpaired) electrons. The van der Waals surface area contributed by atoms with Crippen molar-refractivity contribution in [1.29, 1.82) is 0 Å². The molecule has 0 unspecified atom stereocenters. The van der Waals surface area contributed by atoms with Crippen LogP contribution in [-0.2, 0) is 4.79 Å². The number of hydrogen-bond acceptors (Lipinski definition) is 3. The molecule has 4 heteroatoms. The average molecular weight is 174 g/mol. The van der Waals surface area contributed by atoms with E-state index < -0.39 is 12.0 Å². The lowest BCUT2D eigenvalue weighted by atomic mass is 10.3. The number of rotatable bonds is 6. The van der Waals surface area contributed by atoms with Gasteiger partial charge in [0, 0.05) is 19.1 Å². The Morgan fingerprint density at radius 3 is 2.17 bits per heavy atom. The molecule has 0 rings (SSSR count). The third kappa shape index (κ3) is 6.12. The van der Waals surface area contributed by atoms with Gasteiger partial charge in [-0.2, -0.15) is 0 Å². The topological polar surface area (TPSA) is 61.4 Å². The fraction of sp³-hybridized carbons (Fsp3) is 0.875. The van der Waals surface area contributed by atoms with E-state index in [4.69, 9.17) is 5.11 Å². The molecular formula is C8H18N2O2. The van der Waals surface area contributed by atoms with Crippen molar-refractivity contribution < 1.29 is 9.90 Å². The summed E-state index contributed by atoms with van der Waals surface area (Å²) >= 11 is 0. The second-order valence-electron chi connectivity index (χ2n) is 3.12. The summed E-state index contributed by atoms with van der Waals surface area (Å²) in [5.74, 6) is -0.806. The van der Waals surface area contributed by atoms with Crippen LogP contribution in [0, 0.1) is 0 Å². The molecule has 0 aromatic carbocycles. The quantitative estimate of drug-likeness (QED) is 0.498. The van der Waals surface area contributed by atoms with Crippen LogP contribution in [0.1, 0.15) is 20.8 Å². The van der Waals surface area contributed by atoms with Crippen LogP contribution in [0.2, 0.25) is 0 Å². The maximum absolute atomic E-state index is 10.3. The summed E-state index contributed by atoms with van der Waals surface area (Å²) in [6.07, 6.45) is 0. The van der Waals surface area contributed by atoms with E-state index in [-0.39, 0.29) is 0 Å². The van der Waals surface area contributed by atoms with Crippen molar-refractivity contribution in [3.05, 3.63) is 0 Å². The van der Waals surface area contributed by atoms with Gasteiger partial charge in [-0.25, -0.2) is 0 Å². The zero-order valence-corrected chi connectivity index (χ0v) is 7.92. The molecule has 3 N–H and O–H groups in total. The van der Waals surface area contributed by atoms with E-state index in [1.807, 2.05) is 0 Å². The van der Waals surface area contributed by atoms with Crippen LogP contribution in [0.5, 0.6) is 0 Å². The van der Waals surface area contributed by atoms with Gasteiger partial charge in [0.05, 0.1) is 0 Å². The lowest BCUT2D eigenvalue weighted by molar-refractivity contribution is -0.138. The molecule has 0 aromatic heterocycles. The molecule has 72 valence electrons. The lowest BCUT2D eigenvalue weighted by Gasteiger charge is -2.11. The van der Waals surface area contributed by atoms with Crippen LogP contribution < -0.4 is 10.6 Å². The van der Waals surface area contributed by atoms with Gasteiger partial charge in [-0.15, -0.1) is 0 Å². The molecule has 0 bridgehead atoms. The standard InChI is InChI=1S/C8H18N2O2/c1-6(2)9-4-5-10-7(3)8(11)12/h6-7,9-10H,4-5H2,1-3H3,(H,11,12)/t7-/m0/s1. The van der Waals surface area contributed by atoms with Gasteiger partial charge in [-0.3, -0.25) is 4.79 Å². The lowest BCUT2D eigenvalue weighted by Crippen LogP contribution is -2.39. The molecular weight excluding hydrogens is 156 g/mol. The summed E-state index contributed by atoms with van der Waals surface area (Å²) < 4.78 is 0. The third-order valence-corrected chi connectivity index (χ3v) is 1.50. The number of aliphatic carboxylic acids is 1. The van der Waals surface area contributed by atoms with Gasteiger partial charge in [-0.1, -0.05) is 13.8 Å². The first-order valence-corrected chi connectivity index (χ1v) is 4.23. The van der Waals surface area contributed by atoms with Crippen LogP contribution in [-0.4, -0.2) is 36.2 Å². The number of carboxylic acid groups (broad SMARTS) is 1. The first kappa shape index (κ1) is 11.4. The Hall–Kier alpha value is -0.610. The number of carbonyl (C=O) groups is 1. The average Bonchev–Trinajstić information content (AvgIpc) is 1.97. The van der Waals surface area contributed by atoms with Gasteiger partial charge in [0.15, 0.2) is 0 Å². The first-order valence-electron chi connectivity index (χ1n) is 4.23. The van der Waals surface area contributed by atoms with E-state index in [1.165, 1.54) is 0 Å². The van der Waals surface area contributed by atoms with Gasteiger partial charge >= 0.3 is 5.97 Å². The SMILES string of the molecule is CC(C)NCCN[C@@H](C)C(=O)O. The van der Waals surface area contributed by atoms with E-state index in [9.17, 15) is 4.79 Å². The normalized spacial score (nSPS) is 13.3. The Bertz CT molecular complexity index is 137. The number of hydrogen-bond donors (Lipinski definition) is 3. The van der Waals surface area contributed by atoms with Gasteiger partial charge in [0.1, 0.15) is 6.04 Å². The Balaban J connectivity index is 3.25. The maximum Gasteiger partial charge on any atom is 0.320 e. The first-order chi connectivity index (χ1) is 5.54. The zero-order valence-electron chi connectivity index (χ0n) is 7.92. The van der Waals surface area contributed by atoms with Crippen molar-refractivity contribution in [1.82, 2.24) is 10.6 Å². The minimum Gasteiger partial charge on any atom is -0.480 e. The van der Waals surface area contributed by atoms with E-state index in [0.717, 1.165) is 6.54 Å². The monoisotopic (exact) mass is 174 g/mol. The minimum atomic E-state index is -0.806. The predicted octanol–water partition coefficient (Wildman–Crippen LogP) is 0.0471. The molecule has 0 amide bonds. The van der Waals surface area contributed by atoms with Crippen molar-refractivity contribution in [2.75, 3.05) is 13.1 Å². The largest absolute Gasteiger partial charge is 0.480 e. The van der Waals surface area contributed by atoms with Crippen LogP contribution >= 0.6 is 0 Å². The van der Waals surface area contributed by atoms with Crippen molar-refractivity contribution >= 4 is 5.97 Å². The van der Waals surface area contributed by atoms with E-state index >= 15 is 0 Å². The highest BCUT2D eigenvalue weighted by Crippen LogP contribution is 1.79. The molecule has 0 heterocycles. The van der Waals surface area contributed by atoms with Crippen LogP contribution in [0.15, 0.2) is 0 Å². The molecule has 0 aromatic rings. The summed E-state index contributed by atoms with van der Waals surface area (Å²) in [7, 11) is 0. The minimum absolute atomic E-state index is 0.451. The fourth-order valence-electron chi connectivity index (χ4n) is 0.737. The van der Waals surface area contributed by atoms with Crippen LogP contribution in [0.25, 0.3) is 0 Å². The Morgan fingerprint density at radius 2 is 1.75 bits per heavy atom. The summed E-state index contributed by atoms with van der Waals surface area (Å²) in [4.78, 5) is 10.3. The summed E-state index contributed by atoms with van der Waals surface area (Å²) in [6.45, 7) is 7.24. The zero-order chi connectivity index (χ0) is 9.56. The highest BCUT2D eigenvalue weighted by Gasteiger charge is 2.07. The number of carboxylic acids is 1. The van der Waals surface area contributed by atoms with Crippen molar-refractivity contribution in [2.45, 2.75) is 32.9 Å². The van der Waals surface area contributed by atoms with E-state index in [1.54, 1.807) is 6.92 Å². The second-order valence-corrected chi connectivity index (χ2v) is 3.12. The molecule has 0 aliphatic heterocycles. The van der Waals surface area contributed by atoms with Gasteiger partial charge in [0.25, 0.3) is 0 Å². The third-order valence-electron chi connectivity index (χ3n) is 1.50. The smallest absolute Gasteiger partial charge is 0.320 e. The van der Waals surface area contributed by atoms with Gasteiger partial charge in [0.2, 0.25) is 0 Å². The van der Waals surface area contributed by atoms with Crippen molar-refractivity contribution in [3.63, 3.8) is 0 Å². The Kier molecular flexibility index (Phi) is 5.66. The van der Waals surface area contributed by atoms with Crippen molar-refractivity contribution in [3.8, 4) is 0 Å². The van der Waals surface area contributed by atoms with Gasteiger partial charge < -0.3 is 15.7 Å². The molecule has 1 atom stereocenters. The fourth-order valence-corrected chi connectivity index (χ4v) is 0.737. The molecule has 0 fully saturated rings. The summed E-state index contributed by atoms with van der Waals surface area (Å²) in [6, 6.07) is -0.00843. The van der Waals surface area contributed by atoms with Crippen molar-refractivity contribution in [2.24, 2.45) is 0 Å². The molecule has 4 nitrogen and oxygen atoms in total. The summed E-state index contributed by atoms with van der Waals surface area (Å²) in [5.41, 5.74) is 0. The molecule has 0 aliphatic carbocycles. The second kappa shape index (κ2) is 5.97. The van der Waals surface area contributed by atoms with E-state index in [2.05, 4.69) is 24.5 Å². The van der Waals surface area contributed by atoms with Crippen LogP contribution in [0.4, 0.5) is 0 Å². The molecule has 12 heavy (non-hydrogen) atoms. The Labute approximate surface area is 73.3 Å². The maximum atomic E-state index is 10.3. The molecule has 0 saturated carbocycles. The predicted molar refractivity (Wildman–Crippen MR) is 48.2 cm³/mol. The molecule has 0 aliphatic rings. The number of nitrogens with one attached hydrogen (secondary N) is 2. The Morgan fingerprint density at radius 1 is 1.25 bits per heavy atom. The van der Waals surface area contributed by atoms with Crippen LogP contribution in [0.3, 0.4) is 0 Å². The molecule has 0 spiro atoms. The highest BCUT2D eigenvalue weighted by molar-refractivity contribution is 5.72. The van der Waals surface area contributed by atoms with Gasteiger partial charge in [-0.05, 0) is 6.92 Å². The van der Waals surface area contributed by atoms with E-state index in [0.29, 0.717) is 12.6 Å². The molecule has 0 saturated heterocycles.